The number of rotatable bonds is 10. The molecule has 4 aromatic rings. The van der Waals surface area contributed by atoms with E-state index in [2.05, 4.69) is 15.3 Å². The van der Waals surface area contributed by atoms with Crippen molar-refractivity contribution in [3.05, 3.63) is 70.3 Å². The lowest BCUT2D eigenvalue weighted by molar-refractivity contribution is -0.142. The summed E-state index contributed by atoms with van der Waals surface area (Å²) < 4.78 is 36.6. The number of fused-ring (bicyclic) bond motifs is 1. The summed E-state index contributed by atoms with van der Waals surface area (Å²) in [5, 5.41) is 3.48. The fourth-order valence-electron chi connectivity index (χ4n) is 3.93. The molecular weight excluding hydrogens is 550 g/mol. The number of ether oxygens (including phenoxy) is 2. The van der Waals surface area contributed by atoms with E-state index in [1.54, 1.807) is 37.4 Å². The molecule has 5 rings (SSSR count). The van der Waals surface area contributed by atoms with E-state index in [4.69, 9.17) is 21.1 Å². The summed E-state index contributed by atoms with van der Waals surface area (Å²) in [5.74, 6) is -0.558. The highest BCUT2D eigenvalue weighted by Gasteiger charge is 2.37. The predicted octanol–water partition coefficient (Wildman–Crippen LogP) is 5.08. The molecule has 198 valence electrons. The summed E-state index contributed by atoms with van der Waals surface area (Å²) in [6, 6.07) is 13.4. The molecule has 0 saturated heterocycles. The van der Waals surface area contributed by atoms with E-state index in [9.17, 15) is 18.0 Å². The van der Waals surface area contributed by atoms with Crippen LogP contribution in [0.2, 0.25) is 4.34 Å². The summed E-state index contributed by atoms with van der Waals surface area (Å²) >= 11 is 7.26. The molecular formula is C26H24ClN3O6S2. The van der Waals surface area contributed by atoms with Crippen molar-refractivity contribution < 1.29 is 27.5 Å². The Kier molecular flexibility index (Phi) is 7.42. The van der Waals surface area contributed by atoms with Gasteiger partial charge in [0, 0.05) is 22.7 Å². The minimum absolute atomic E-state index is 0.118. The molecule has 1 amide bonds. The number of hydrogen-bond acceptors (Lipinski definition) is 8. The molecule has 1 fully saturated rings. The number of thiazole rings is 1. The van der Waals surface area contributed by atoms with Crippen molar-refractivity contribution in [2.24, 2.45) is 0 Å². The van der Waals surface area contributed by atoms with Gasteiger partial charge < -0.3 is 14.5 Å². The van der Waals surface area contributed by atoms with Crippen LogP contribution in [0.3, 0.4) is 0 Å². The van der Waals surface area contributed by atoms with Crippen LogP contribution in [0, 0.1) is 0 Å². The zero-order chi connectivity index (χ0) is 26.9. The van der Waals surface area contributed by atoms with E-state index in [1.165, 1.54) is 12.1 Å². The van der Waals surface area contributed by atoms with E-state index in [-0.39, 0.29) is 32.6 Å². The molecule has 2 heterocycles. The summed E-state index contributed by atoms with van der Waals surface area (Å²) in [7, 11) is -3.38. The first-order chi connectivity index (χ1) is 18.2. The number of amides is 1. The summed E-state index contributed by atoms with van der Waals surface area (Å²) in [6.45, 7) is 1.94. The average molecular weight is 574 g/mol. The van der Waals surface area contributed by atoms with Crippen LogP contribution < -0.4 is 10.1 Å². The van der Waals surface area contributed by atoms with Gasteiger partial charge in [-0.25, -0.2) is 13.4 Å². The number of nitrogens with one attached hydrogen (secondary N) is 2. The lowest BCUT2D eigenvalue weighted by atomic mass is 10.1. The van der Waals surface area contributed by atoms with E-state index < -0.39 is 27.8 Å². The maximum absolute atomic E-state index is 13.4. The summed E-state index contributed by atoms with van der Waals surface area (Å²) in [5.41, 5.74) is 1.68. The highest BCUT2D eigenvalue weighted by Crippen LogP contribution is 2.35. The van der Waals surface area contributed by atoms with Crippen molar-refractivity contribution in [2.45, 2.75) is 42.4 Å². The Bertz CT molecular complexity index is 1590. The van der Waals surface area contributed by atoms with Crippen molar-refractivity contribution in [1.29, 1.82) is 0 Å². The van der Waals surface area contributed by atoms with Gasteiger partial charge in [0.05, 0.1) is 28.9 Å². The van der Waals surface area contributed by atoms with Gasteiger partial charge in [-0.05, 0) is 56.2 Å². The molecule has 12 heteroatoms. The normalized spacial score (nSPS) is 14.3. The number of sulfone groups is 1. The van der Waals surface area contributed by atoms with Crippen LogP contribution >= 0.6 is 22.9 Å². The third kappa shape index (κ3) is 5.69. The third-order valence-electron chi connectivity index (χ3n) is 5.99. The van der Waals surface area contributed by atoms with Gasteiger partial charge in [-0.1, -0.05) is 35.1 Å². The maximum Gasteiger partial charge on any atom is 0.311 e. The van der Waals surface area contributed by atoms with Crippen molar-refractivity contribution in [1.82, 2.24) is 9.97 Å². The Labute approximate surface area is 228 Å². The Morgan fingerprint density at radius 2 is 1.95 bits per heavy atom. The van der Waals surface area contributed by atoms with Gasteiger partial charge in [0.15, 0.2) is 15.0 Å². The Balaban J connectivity index is 1.41. The van der Waals surface area contributed by atoms with Gasteiger partial charge in [0.25, 0.3) is 5.91 Å². The first kappa shape index (κ1) is 26.2. The molecule has 1 atom stereocenters. The number of hydrogen-bond donors (Lipinski definition) is 2. The molecule has 0 spiro atoms. The zero-order valence-electron chi connectivity index (χ0n) is 20.3. The average Bonchev–Trinajstić information content (AvgIpc) is 3.57. The molecule has 1 aliphatic carbocycles. The number of carbonyl (C=O) groups is 2. The second-order valence-corrected chi connectivity index (χ2v) is 12.6. The SMILES string of the molecule is CCOC(=O)Cc1nc(NC(=O)C(Oc2ccc3[nH]ccc3c2)c2ccc(S(=O)(=O)C3CC3)cc2)sc1Cl. The van der Waals surface area contributed by atoms with Gasteiger partial charge in [0.2, 0.25) is 6.10 Å². The van der Waals surface area contributed by atoms with Crippen molar-refractivity contribution in [3.63, 3.8) is 0 Å². The maximum atomic E-state index is 13.4. The molecule has 2 aromatic carbocycles. The lowest BCUT2D eigenvalue weighted by Crippen LogP contribution is -2.26. The number of aromatic nitrogens is 2. The fraction of sp³-hybridized carbons (Fsp3) is 0.269. The van der Waals surface area contributed by atoms with Crippen molar-refractivity contribution in [3.8, 4) is 5.75 Å². The summed E-state index contributed by atoms with van der Waals surface area (Å²) in [4.78, 5) is 32.9. The van der Waals surface area contributed by atoms with Gasteiger partial charge in [-0.3, -0.25) is 14.9 Å². The number of nitrogens with zero attached hydrogens (tertiary/aromatic N) is 1. The monoisotopic (exact) mass is 573 g/mol. The van der Waals surface area contributed by atoms with E-state index in [0.29, 0.717) is 29.8 Å². The highest BCUT2D eigenvalue weighted by atomic mass is 35.5. The number of anilines is 1. The van der Waals surface area contributed by atoms with E-state index >= 15 is 0 Å². The Morgan fingerprint density at radius 3 is 2.66 bits per heavy atom. The number of H-pyrrole nitrogens is 1. The van der Waals surface area contributed by atoms with Crippen LogP contribution in [0.25, 0.3) is 10.9 Å². The fourth-order valence-corrected chi connectivity index (χ4v) is 6.63. The van der Waals surface area contributed by atoms with Crippen LogP contribution in [-0.2, 0) is 30.6 Å². The topological polar surface area (TPSA) is 127 Å². The van der Waals surface area contributed by atoms with E-state index in [1.807, 2.05) is 12.1 Å². The number of esters is 1. The molecule has 2 N–H and O–H groups in total. The number of halogens is 1. The number of aromatic amines is 1. The zero-order valence-corrected chi connectivity index (χ0v) is 22.7. The third-order valence-corrected chi connectivity index (χ3v) is 9.52. The quantitative estimate of drug-likeness (QED) is 0.253. The highest BCUT2D eigenvalue weighted by molar-refractivity contribution is 7.92. The minimum Gasteiger partial charge on any atom is -0.476 e. The van der Waals surface area contributed by atoms with Crippen molar-refractivity contribution in [2.75, 3.05) is 11.9 Å². The van der Waals surface area contributed by atoms with Crippen molar-refractivity contribution >= 4 is 60.7 Å². The second kappa shape index (κ2) is 10.8. The molecule has 1 aliphatic rings. The van der Waals surface area contributed by atoms with Crippen LogP contribution in [0.4, 0.5) is 5.13 Å². The molecule has 1 unspecified atom stereocenters. The molecule has 9 nitrogen and oxygen atoms in total. The first-order valence-electron chi connectivity index (χ1n) is 11.9. The molecule has 38 heavy (non-hydrogen) atoms. The van der Waals surface area contributed by atoms with Crippen LogP contribution in [0.5, 0.6) is 5.75 Å². The molecule has 0 bridgehead atoms. The Morgan fingerprint density at radius 1 is 1.18 bits per heavy atom. The standard InChI is InChI=1S/C26H24ClN3O6S2/c1-2-35-22(31)14-21-24(27)37-26(29-21)30-25(32)23(36-17-5-10-20-16(13-17)11-12-28-20)15-3-6-18(7-4-15)38(33,34)19-8-9-19/h3-7,10-13,19,23,28H,2,8-9,14H2,1H3,(H,29,30,32). The minimum atomic E-state index is -3.38. The second-order valence-electron chi connectivity index (χ2n) is 8.75. The molecule has 1 saturated carbocycles. The van der Waals surface area contributed by atoms with Gasteiger partial charge in [-0.2, -0.15) is 0 Å². The molecule has 0 aliphatic heterocycles. The first-order valence-corrected chi connectivity index (χ1v) is 14.7. The predicted molar refractivity (Wildman–Crippen MR) is 144 cm³/mol. The largest absolute Gasteiger partial charge is 0.476 e. The van der Waals surface area contributed by atoms with Gasteiger partial charge in [-0.15, -0.1) is 0 Å². The number of carbonyl (C=O) groups excluding carboxylic acids is 2. The summed E-state index contributed by atoms with van der Waals surface area (Å²) in [6.07, 6.45) is 1.88. The van der Waals surface area contributed by atoms with Gasteiger partial charge in [0.1, 0.15) is 10.1 Å². The van der Waals surface area contributed by atoms with Crippen LogP contribution in [-0.4, -0.2) is 42.1 Å². The molecule has 2 aromatic heterocycles. The van der Waals surface area contributed by atoms with Crippen LogP contribution in [0.1, 0.15) is 37.1 Å². The Hall–Kier alpha value is -3.41. The number of benzene rings is 2. The lowest BCUT2D eigenvalue weighted by Gasteiger charge is -2.19. The van der Waals surface area contributed by atoms with E-state index in [0.717, 1.165) is 22.2 Å². The van der Waals surface area contributed by atoms with Gasteiger partial charge >= 0.3 is 5.97 Å². The molecule has 0 radical (unpaired) electrons. The van der Waals surface area contributed by atoms with Crippen LogP contribution in [0.15, 0.2) is 59.6 Å². The smallest absolute Gasteiger partial charge is 0.311 e.